The van der Waals surface area contributed by atoms with Gasteiger partial charge in [0.1, 0.15) is 0 Å². The van der Waals surface area contributed by atoms with Crippen molar-refractivity contribution in [2.45, 2.75) is 6.18 Å². The first-order chi connectivity index (χ1) is 9.82. The maximum Gasteiger partial charge on any atom is 0.416 e. The van der Waals surface area contributed by atoms with Crippen LogP contribution in [0.15, 0.2) is 46.9 Å². The lowest BCUT2D eigenvalue weighted by molar-refractivity contribution is -0.137. The van der Waals surface area contributed by atoms with Crippen molar-refractivity contribution >= 4 is 27.3 Å². The molecule has 0 aliphatic carbocycles. The fourth-order valence-corrected chi connectivity index (χ4v) is 2.50. The number of halogens is 4. The summed E-state index contributed by atoms with van der Waals surface area (Å²) >= 11 is 3.17. The van der Waals surface area contributed by atoms with Gasteiger partial charge in [0.2, 0.25) is 0 Å². The molecule has 0 fully saturated rings. The first-order valence-electron chi connectivity index (χ1n) is 5.93. The zero-order valence-corrected chi connectivity index (χ0v) is 12.5. The molecule has 0 aliphatic heterocycles. The van der Waals surface area contributed by atoms with Crippen LogP contribution in [0, 0.1) is 11.3 Å². The number of hydrogen-bond donors (Lipinski definition) is 0. The molecule has 0 saturated heterocycles. The SMILES string of the molecule is CN(c1ccc(C#N)cc1)c1ccc(C(F)(F)F)cc1Br. The Labute approximate surface area is 128 Å². The van der Waals surface area contributed by atoms with Gasteiger partial charge in [-0.25, -0.2) is 0 Å². The Kier molecular flexibility index (Phi) is 4.24. The number of nitriles is 1. The van der Waals surface area contributed by atoms with E-state index in [0.717, 1.165) is 17.8 Å². The normalized spacial score (nSPS) is 11.0. The molecule has 0 heterocycles. The summed E-state index contributed by atoms with van der Waals surface area (Å²) in [5, 5.41) is 8.76. The number of anilines is 2. The third-order valence-electron chi connectivity index (χ3n) is 3.02. The van der Waals surface area contributed by atoms with Crippen LogP contribution < -0.4 is 4.90 Å². The van der Waals surface area contributed by atoms with Crippen LogP contribution >= 0.6 is 15.9 Å². The minimum Gasteiger partial charge on any atom is -0.344 e. The van der Waals surface area contributed by atoms with Crippen molar-refractivity contribution < 1.29 is 13.2 Å². The fourth-order valence-electron chi connectivity index (χ4n) is 1.85. The van der Waals surface area contributed by atoms with Gasteiger partial charge in [0.25, 0.3) is 0 Å². The van der Waals surface area contributed by atoms with E-state index in [0.29, 0.717) is 15.7 Å². The van der Waals surface area contributed by atoms with Crippen LogP contribution in [-0.4, -0.2) is 7.05 Å². The van der Waals surface area contributed by atoms with E-state index in [-0.39, 0.29) is 0 Å². The molecule has 21 heavy (non-hydrogen) atoms. The van der Waals surface area contributed by atoms with E-state index in [1.807, 2.05) is 6.07 Å². The van der Waals surface area contributed by atoms with E-state index < -0.39 is 11.7 Å². The third-order valence-corrected chi connectivity index (χ3v) is 3.66. The Morgan fingerprint density at radius 3 is 2.19 bits per heavy atom. The lowest BCUT2D eigenvalue weighted by Gasteiger charge is -2.21. The Balaban J connectivity index is 2.35. The molecular formula is C15H10BrF3N2. The van der Waals surface area contributed by atoms with E-state index in [1.165, 1.54) is 6.07 Å². The van der Waals surface area contributed by atoms with Gasteiger partial charge >= 0.3 is 6.18 Å². The number of benzene rings is 2. The summed E-state index contributed by atoms with van der Waals surface area (Å²) in [4.78, 5) is 1.74. The average molecular weight is 355 g/mol. The van der Waals surface area contributed by atoms with Crippen LogP contribution in [0.2, 0.25) is 0 Å². The zero-order valence-electron chi connectivity index (χ0n) is 10.9. The molecule has 2 aromatic carbocycles. The Morgan fingerprint density at radius 1 is 1.10 bits per heavy atom. The molecule has 0 saturated carbocycles. The lowest BCUT2D eigenvalue weighted by atomic mass is 10.1. The lowest BCUT2D eigenvalue weighted by Crippen LogP contribution is -2.11. The summed E-state index contributed by atoms with van der Waals surface area (Å²) in [6.45, 7) is 0. The zero-order chi connectivity index (χ0) is 15.6. The molecule has 0 N–H and O–H groups in total. The molecule has 0 unspecified atom stereocenters. The summed E-state index contributed by atoms with van der Waals surface area (Å²) in [6, 6.07) is 12.3. The molecule has 0 amide bonds. The smallest absolute Gasteiger partial charge is 0.344 e. The molecule has 108 valence electrons. The first kappa shape index (κ1) is 15.4. The van der Waals surface area contributed by atoms with Gasteiger partial charge < -0.3 is 4.90 Å². The standard InChI is InChI=1S/C15H10BrF3N2/c1-21(12-5-2-10(9-20)3-6-12)14-7-4-11(8-13(14)16)15(17,18)19/h2-8H,1H3. The van der Waals surface area contributed by atoms with E-state index in [2.05, 4.69) is 15.9 Å². The second-order valence-corrected chi connectivity index (χ2v) is 5.24. The van der Waals surface area contributed by atoms with Crippen molar-refractivity contribution in [1.82, 2.24) is 0 Å². The maximum atomic E-state index is 12.6. The van der Waals surface area contributed by atoms with Gasteiger partial charge in [-0.3, -0.25) is 0 Å². The molecule has 0 radical (unpaired) electrons. The summed E-state index contributed by atoms with van der Waals surface area (Å²) in [5.41, 5.74) is 1.20. The van der Waals surface area contributed by atoms with Crippen molar-refractivity contribution in [1.29, 1.82) is 5.26 Å². The molecule has 0 spiro atoms. The molecule has 0 atom stereocenters. The third kappa shape index (κ3) is 3.37. The number of nitrogens with zero attached hydrogens (tertiary/aromatic N) is 2. The fraction of sp³-hybridized carbons (Fsp3) is 0.133. The van der Waals surface area contributed by atoms with Crippen LogP contribution in [0.3, 0.4) is 0 Å². The van der Waals surface area contributed by atoms with Crippen LogP contribution in [0.4, 0.5) is 24.5 Å². The predicted molar refractivity (Wildman–Crippen MR) is 78.4 cm³/mol. The molecule has 0 bridgehead atoms. The average Bonchev–Trinajstić information content (AvgIpc) is 2.45. The summed E-state index contributed by atoms with van der Waals surface area (Å²) in [6.07, 6.45) is -4.37. The van der Waals surface area contributed by atoms with E-state index in [4.69, 9.17) is 5.26 Å². The van der Waals surface area contributed by atoms with Gasteiger partial charge in [-0.15, -0.1) is 0 Å². The Bertz CT molecular complexity index is 688. The number of alkyl halides is 3. The van der Waals surface area contributed by atoms with Crippen LogP contribution in [-0.2, 0) is 6.18 Å². The largest absolute Gasteiger partial charge is 0.416 e. The van der Waals surface area contributed by atoms with Gasteiger partial charge in [0.15, 0.2) is 0 Å². The van der Waals surface area contributed by atoms with Gasteiger partial charge in [0, 0.05) is 17.2 Å². The molecule has 2 nitrogen and oxygen atoms in total. The topological polar surface area (TPSA) is 27.0 Å². The summed E-state index contributed by atoms with van der Waals surface area (Å²) in [7, 11) is 1.74. The van der Waals surface area contributed by atoms with E-state index in [1.54, 1.807) is 36.2 Å². The first-order valence-corrected chi connectivity index (χ1v) is 6.73. The minimum atomic E-state index is -4.37. The molecule has 0 aromatic heterocycles. The van der Waals surface area contributed by atoms with Crippen molar-refractivity contribution in [2.75, 3.05) is 11.9 Å². The second-order valence-electron chi connectivity index (χ2n) is 4.38. The molecule has 0 aliphatic rings. The Morgan fingerprint density at radius 2 is 1.71 bits per heavy atom. The summed E-state index contributed by atoms with van der Waals surface area (Å²) in [5.74, 6) is 0. The van der Waals surface area contributed by atoms with Crippen LogP contribution in [0.1, 0.15) is 11.1 Å². The highest BCUT2D eigenvalue weighted by atomic mass is 79.9. The highest BCUT2D eigenvalue weighted by Crippen LogP contribution is 2.36. The second kappa shape index (κ2) is 5.78. The van der Waals surface area contributed by atoms with Crippen molar-refractivity contribution in [3.63, 3.8) is 0 Å². The van der Waals surface area contributed by atoms with Gasteiger partial charge in [-0.05, 0) is 58.4 Å². The number of hydrogen-bond acceptors (Lipinski definition) is 2. The quantitative estimate of drug-likeness (QED) is 0.749. The van der Waals surface area contributed by atoms with Crippen LogP contribution in [0.5, 0.6) is 0 Å². The van der Waals surface area contributed by atoms with Crippen molar-refractivity contribution in [3.8, 4) is 6.07 Å². The number of rotatable bonds is 2. The van der Waals surface area contributed by atoms with Crippen molar-refractivity contribution in [3.05, 3.63) is 58.1 Å². The summed E-state index contributed by atoms with van der Waals surface area (Å²) < 4.78 is 38.3. The molecule has 6 heteroatoms. The van der Waals surface area contributed by atoms with Gasteiger partial charge in [0.05, 0.1) is 22.9 Å². The molecule has 2 rings (SSSR count). The van der Waals surface area contributed by atoms with Gasteiger partial charge in [-0.2, -0.15) is 18.4 Å². The minimum absolute atomic E-state index is 0.351. The monoisotopic (exact) mass is 354 g/mol. The maximum absolute atomic E-state index is 12.6. The predicted octanol–water partition coefficient (Wildman–Crippen LogP) is 5.11. The highest BCUT2D eigenvalue weighted by molar-refractivity contribution is 9.10. The highest BCUT2D eigenvalue weighted by Gasteiger charge is 2.31. The Hall–Kier alpha value is -2.00. The molecule has 2 aromatic rings. The van der Waals surface area contributed by atoms with Crippen molar-refractivity contribution in [2.24, 2.45) is 0 Å². The molecular weight excluding hydrogens is 345 g/mol. The van der Waals surface area contributed by atoms with E-state index in [9.17, 15) is 13.2 Å². The van der Waals surface area contributed by atoms with Gasteiger partial charge in [-0.1, -0.05) is 0 Å². The van der Waals surface area contributed by atoms with E-state index >= 15 is 0 Å². The van der Waals surface area contributed by atoms with Crippen LogP contribution in [0.25, 0.3) is 0 Å².